The van der Waals surface area contributed by atoms with E-state index in [0.717, 1.165) is 0 Å². The first-order valence-electron chi connectivity index (χ1n) is 7.77. The summed E-state index contributed by atoms with van der Waals surface area (Å²) in [5.74, 6) is 0.770. The third-order valence-electron chi connectivity index (χ3n) is 4.20. The van der Waals surface area contributed by atoms with Gasteiger partial charge in [0.15, 0.2) is 0 Å². The summed E-state index contributed by atoms with van der Waals surface area (Å²) >= 11 is 7.49. The summed E-state index contributed by atoms with van der Waals surface area (Å²) in [4.78, 5) is 27.1. The molecule has 0 spiro atoms. The Labute approximate surface area is 155 Å². The summed E-state index contributed by atoms with van der Waals surface area (Å²) in [5.41, 5.74) is 0. The molecule has 25 heavy (non-hydrogen) atoms. The number of piperazine rings is 1. The highest BCUT2D eigenvalue weighted by Gasteiger charge is 2.32. The molecule has 7 nitrogen and oxygen atoms in total. The lowest BCUT2D eigenvalue weighted by Crippen LogP contribution is -2.52. The molecule has 0 unspecified atom stereocenters. The van der Waals surface area contributed by atoms with Crippen LogP contribution in [0, 0.1) is 0 Å². The maximum Gasteiger partial charge on any atom is 0.244 e. The zero-order chi connectivity index (χ0) is 18.0. The molecular weight excluding hydrogens is 386 g/mol. The largest absolute Gasteiger partial charge is 0.339 e. The predicted octanol–water partition coefficient (Wildman–Crippen LogP) is 0.706. The third-order valence-corrected chi connectivity index (χ3v) is 7.54. The summed E-state index contributed by atoms with van der Waals surface area (Å²) < 4.78 is 26.7. The van der Waals surface area contributed by atoms with E-state index in [1.54, 1.807) is 23.1 Å². The molecule has 0 saturated carbocycles. The zero-order valence-corrected chi connectivity index (χ0v) is 15.8. The average Bonchev–Trinajstić information content (AvgIpc) is 3.00. The van der Waals surface area contributed by atoms with Crippen molar-refractivity contribution in [3.05, 3.63) is 29.3 Å². The minimum atomic E-state index is -3.68. The SMILES string of the molecule is O=C(CN1CSCC1=O)N1CCN(S(=O)(=O)c2ccccc2Cl)CC1. The summed E-state index contributed by atoms with van der Waals surface area (Å²) in [6.07, 6.45) is 0. The quantitative estimate of drug-likeness (QED) is 0.739. The van der Waals surface area contributed by atoms with Crippen LogP contribution in [0.15, 0.2) is 29.2 Å². The Hall–Kier alpha value is -1.29. The van der Waals surface area contributed by atoms with Crippen molar-refractivity contribution >= 4 is 45.2 Å². The number of carbonyl (C=O) groups is 2. The minimum Gasteiger partial charge on any atom is -0.339 e. The highest BCUT2D eigenvalue weighted by atomic mass is 35.5. The van der Waals surface area contributed by atoms with E-state index in [4.69, 9.17) is 11.6 Å². The number of halogens is 1. The Morgan fingerprint density at radius 1 is 1.16 bits per heavy atom. The van der Waals surface area contributed by atoms with Gasteiger partial charge < -0.3 is 9.80 Å². The summed E-state index contributed by atoms with van der Waals surface area (Å²) in [7, 11) is -3.68. The van der Waals surface area contributed by atoms with Gasteiger partial charge in [-0.2, -0.15) is 4.31 Å². The van der Waals surface area contributed by atoms with E-state index in [2.05, 4.69) is 0 Å². The first kappa shape index (κ1) is 18.5. The van der Waals surface area contributed by atoms with Gasteiger partial charge in [0, 0.05) is 26.2 Å². The Kier molecular flexibility index (Phi) is 5.57. The van der Waals surface area contributed by atoms with E-state index in [1.165, 1.54) is 27.0 Å². The predicted molar refractivity (Wildman–Crippen MR) is 95.8 cm³/mol. The van der Waals surface area contributed by atoms with Crippen molar-refractivity contribution in [2.24, 2.45) is 0 Å². The van der Waals surface area contributed by atoms with Gasteiger partial charge in [-0.05, 0) is 12.1 Å². The van der Waals surface area contributed by atoms with Crippen LogP contribution in [0.1, 0.15) is 0 Å². The molecule has 2 heterocycles. The Morgan fingerprint density at radius 3 is 2.44 bits per heavy atom. The second-order valence-electron chi connectivity index (χ2n) is 5.78. The smallest absolute Gasteiger partial charge is 0.244 e. The van der Waals surface area contributed by atoms with Crippen LogP contribution in [-0.4, -0.2) is 78.7 Å². The summed E-state index contributed by atoms with van der Waals surface area (Å²) in [6.45, 7) is 1.09. The lowest BCUT2D eigenvalue weighted by atomic mass is 10.3. The maximum absolute atomic E-state index is 12.7. The van der Waals surface area contributed by atoms with Crippen LogP contribution < -0.4 is 0 Å². The van der Waals surface area contributed by atoms with Gasteiger partial charge in [-0.25, -0.2) is 8.42 Å². The highest BCUT2D eigenvalue weighted by molar-refractivity contribution is 8.00. The second-order valence-corrected chi connectivity index (χ2v) is 9.05. The zero-order valence-electron chi connectivity index (χ0n) is 13.4. The van der Waals surface area contributed by atoms with E-state index < -0.39 is 10.0 Å². The Morgan fingerprint density at radius 2 is 1.84 bits per heavy atom. The number of carbonyl (C=O) groups excluding carboxylic acids is 2. The van der Waals surface area contributed by atoms with Crippen molar-refractivity contribution in [1.29, 1.82) is 0 Å². The van der Waals surface area contributed by atoms with Gasteiger partial charge in [0.05, 0.1) is 16.7 Å². The normalized spacial score (nSPS) is 19.5. The van der Waals surface area contributed by atoms with Gasteiger partial charge in [0.25, 0.3) is 0 Å². The van der Waals surface area contributed by atoms with Crippen molar-refractivity contribution in [1.82, 2.24) is 14.1 Å². The molecule has 0 atom stereocenters. The molecule has 2 aliphatic rings. The van der Waals surface area contributed by atoms with Crippen LogP contribution >= 0.6 is 23.4 Å². The lowest BCUT2D eigenvalue weighted by molar-refractivity contribution is -0.138. The van der Waals surface area contributed by atoms with Crippen molar-refractivity contribution in [2.75, 3.05) is 44.4 Å². The molecule has 0 aromatic heterocycles. The van der Waals surface area contributed by atoms with E-state index in [-0.39, 0.29) is 41.4 Å². The molecule has 0 N–H and O–H groups in total. The van der Waals surface area contributed by atoms with Crippen molar-refractivity contribution < 1.29 is 18.0 Å². The fourth-order valence-electron chi connectivity index (χ4n) is 2.77. The third kappa shape index (κ3) is 3.94. The van der Waals surface area contributed by atoms with Crippen LogP contribution in [0.5, 0.6) is 0 Å². The molecule has 1 aromatic rings. The number of sulfonamides is 1. The molecule has 136 valence electrons. The van der Waals surface area contributed by atoms with E-state index in [0.29, 0.717) is 24.7 Å². The molecule has 0 radical (unpaired) electrons. The number of hydrogen-bond donors (Lipinski definition) is 0. The number of hydrogen-bond acceptors (Lipinski definition) is 5. The molecule has 2 fully saturated rings. The van der Waals surface area contributed by atoms with Crippen LogP contribution in [-0.2, 0) is 19.6 Å². The van der Waals surface area contributed by atoms with Crippen molar-refractivity contribution in [2.45, 2.75) is 4.90 Å². The highest BCUT2D eigenvalue weighted by Crippen LogP contribution is 2.25. The molecule has 2 aliphatic heterocycles. The number of benzene rings is 1. The van der Waals surface area contributed by atoms with Crippen LogP contribution in [0.2, 0.25) is 5.02 Å². The lowest BCUT2D eigenvalue weighted by Gasteiger charge is -2.34. The molecule has 1 aromatic carbocycles. The topological polar surface area (TPSA) is 78.0 Å². The number of nitrogens with zero attached hydrogens (tertiary/aromatic N) is 3. The van der Waals surface area contributed by atoms with E-state index in [1.807, 2.05) is 0 Å². The molecule has 10 heteroatoms. The van der Waals surface area contributed by atoms with Gasteiger partial charge in [-0.1, -0.05) is 23.7 Å². The fraction of sp³-hybridized carbons (Fsp3) is 0.467. The Bertz CT molecular complexity index is 779. The molecule has 2 amide bonds. The first-order chi connectivity index (χ1) is 11.9. The standard InChI is InChI=1S/C15H18ClN3O4S2/c16-12-3-1-2-4-13(12)25(22,23)19-7-5-17(6-8-19)14(20)9-18-11-24-10-15(18)21/h1-4H,5-11H2. The molecule has 2 saturated heterocycles. The fourth-order valence-corrected chi connectivity index (χ4v) is 5.59. The van der Waals surface area contributed by atoms with Gasteiger partial charge in [0.1, 0.15) is 11.4 Å². The average molecular weight is 404 g/mol. The van der Waals surface area contributed by atoms with Gasteiger partial charge in [0.2, 0.25) is 21.8 Å². The Balaban J connectivity index is 1.61. The summed E-state index contributed by atoms with van der Waals surface area (Å²) in [5, 5.41) is 0.186. The molecule has 0 bridgehead atoms. The molecule has 3 rings (SSSR count). The number of thioether (sulfide) groups is 1. The molecular formula is C15H18ClN3O4S2. The van der Waals surface area contributed by atoms with Gasteiger partial charge >= 0.3 is 0 Å². The van der Waals surface area contributed by atoms with Gasteiger partial charge in [-0.15, -0.1) is 11.8 Å². The second kappa shape index (κ2) is 7.53. The van der Waals surface area contributed by atoms with E-state index in [9.17, 15) is 18.0 Å². The number of amides is 2. The van der Waals surface area contributed by atoms with Crippen LogP contribution in [0.4, 0.5) is 0 Å². The van der Waals surface area contributed by atoms with Crippen LogP contribution in [0.3, 0.4) is 0 Å². The van der Waals surface area contributed by atoms with Crippen molar-refractivity contribution in [3.8, 4) is 0 Å². The minimum absolute atomic E-state index is 0.0294. The van der Waals surface area contributed by atoms with E-state index >= 15 is 0 Å². The number of rotatable bonds is 4. The van der Waals surface area contributed by atoms with Crippen LogP contribution in [0.25, 0.3) is 0 Å². The first-order valence-corrected chi connectivity index (χ1v) is 10.7. The van der Waals surface area contributed by atoms with Gasteiger partial charge in [-0.3, -0.25) is 9.59 Å². The van der Waals surface area contributed by atoms with Crippen molar-refractivity contribution in [3.63, 3.8) is 0 Å². The molecule has 0 aliphatic carbocycles. The monoisotopic (exact) mass is 403 g/mol. The maximum atomic E-state index is 12.7. The summed E-state index contributed by atoms with van der Waals surface area (Å²) in [6, 6.07) is 6.32.